The van der Waals surface area contributed by atoms with Gasteiger partial charge in [0.25, 0.3) is 5.22 Å². The van der Waals surface area contributed by atoms with Gasteiger partial charge in [0.15, 0.2) is 0 Å². The molecule has 0 saturated heterocycles. The fourth-order valence-corrected chi connectivity index (χ4v) is 2.74. The normalized spacial score (nSPS) is 10.3. The molecule has 0 spiro atoms. The van der Waals surface area contributed by atoms with Crippen LogP contribution in [0.15, 0.2) is 64.2 Å². The van der Waals surface area contributed by atoms with Crippen LogP contribution in [-0.2, 0) is 4.79 Å². The summed E-state index contributed by atoms with van der Waals surface area (Å²) in [5, 5.41) is 13.3. The van der Waals surface area contributed by atoms with E-state index in [0.717, 1.165) is 17.3 Å². The number of anilines is 1. The van der Waals surface area contributed by atoms with Crippen LogP contribution < -0.4 is 10.6 Å². The molecule has 2 N–H and O–H groups in total. The number of nitrogens with one attached hydrogen (secondary N) is 2. The van der Waals surface area contributed by atoms with E-state index >= 15 is 0 Å². The van der Waals surface area contributed by atoms with Crippen molar-refractivity contribution in [2.75, 3.05) is 11.1 Å². The van der Waals surface area contributed by atoms with Gasteiger partial charge >= 0.3 is 6.03 Å². The molecule has 0 aliphatic heterocycles. The number of carbonyl (C=O) groups is 2. The van der Waals surface area contributed by atoms with Crippen molar-refractivity contribution < 1.29 is 14.0 Å². The summed E-state index contributed by atoms with van der Waals surface area (Å²) in [6.45, 7) is 0. The van der Waals surface area contributed by atoms with Crippen molar-refractivity contribution >= 4 is 41.0 Å². The molecule has 1 aromatic heterocycles. The van der Waals surface area contributed by atoms with Crippen LogP contribution in [0.4, 0.5) is 10.5 Å². The van der Waals surface area contributed by atoms with E-state index in [9.17, 15) is 9.59 Å². The average molecular weight is 389 g/mol. The molecule has 132 valence electrons. The standard InChI is InChI=1S/C17H13ClN4O3S/c18-12-7-4-8-13(9-12)19-16(24)20-14(23)10-26-17-22-21-15(25-17)11-5-2-1-3-6-11/h1-9H,10H2,(H2,19,20,23,24). The van der Waals surface area contributed by atoms with Crippen LogP contribution in [0, 0.1) is 0 Å². The van der Waals surface area contributed by atoms with Crippen LogP contribution in [0.5, 0.6) is 0 Å². The summed E-state index contributed by atoms with van der Waals surface area (Å²) in [5.41, 5.74) is 1.28. The summed E-state index contributed by atoms with van der Waals surface area (Å²) in [5.74, 6) is -0.166. The third-order valence-electron chi connectivity index (χ3n) is 3.09. The van der Waals surface area contributed by atoms with Crippen molar-refractivity contribution in [2.24, 2.45) is 0 Å². The van der Waals surface area contributed by atoms with E-state index in [1.165, 1.54) is 0 Å². The van der Waals surface area contributed by atoms with Gasteiger partial charge in [0.1, 0.15) is 0 Å². The molecule has 3 rings (SSSR count). The van der Waals surface area contributed by atoms with Gasteiger partial charge in [-0.3, -0.25) is 10.1 Å². The zero-order valence-electron chi connectivity index (χ0n) is 13.3. The van der Waals surface area contributed by atoms with E-state index in [1.54, 1.807) is 24.3 Å². The largest absolute Gasteiger partial charge is 0.411 e. The summed E-state index contributed by atoms with van der Waals surface area (Å²) in [4.78, 5) is 23.6. The van der Waals surface area contributed by atoms with Gasteiger partial charge in [-0.05, 0) is 30.3 Å². The molecule has 0 fully saturated rings. The molecule has 0 aliphatic rings. The van der Waals surface area contributed by atoms with Crippen molar-refractivity contribution in [3.05, 3.63) is 59.6 Å². The molecule has 9 heteroatoms. The number of imide groups is 1. The Labute approximate surface area is 158 Å². The first-order valence-electron chi connectivity index (χ1n) is 7.48. The van der Waals surface area contributed by atoms with E-state index in [0.29, 0.717) is 16.6 Å². The van der Waals surface area contributed by atoms with Crippen LogP contribution >= 0.6 is 23.4 Å². The molecule has 1 heterocycles. The minimum Gasteiger partial charge on any atom is -0.411 e. The molecule has 0 unspecified atom stereocenters. The number of hydrogen-bond donors (Lipinski definition) is 2. The maximum Gasteiger partial charge on any atom is 0.325 e. The molecule has 0 bridgehead atoms. The zero-order chi connectivity index (χ0) is 18.4. The van der Waals surface area contributed by atoms with Crippen LogP contribution in [0.2, 0.25) is 5.02 Å². The highest BCUT2D eigenvalue weighted by Crippen LogP contribution is 2.22. The lowest BCUT2D eigenvalue weighted by Gasteiger charge is -2.06. The molecule has 7 nitrogen and oxygen atoms in total. The topological polar surface area (TPSA) is 97.1 Å². The van der Waals surface area contributed by atoms with Crippen molar-refractivity contribution in [3.63, 3.8) is 0 Å². The Morgan fingerprint density at radius 3 is 2.65 bits per heavy atom. The van der Waals surface area contributed by atoms with E-state index in [1.807, 2.05) is 30.3 Å². The predicted molar refractivity (Wildman–Crippen MR) is 99.1 cm³/mol. The predicted octanol–water partition coefficient (Wildman–Crippen LogP) is 3.83. The molecule has 3 aromatic rings. The lowest BCUT2D eigenvalue weighted by Crippen LogP contribution is -2.35. The van der Waals surface area contributed by atoms with Crippen LogP contribution in [-0.4, -0.2) is 27.9 Å². The highest BCUT2D eigenvalue weighted by Gasteiger charge is 2.13. The Balaban J connectivity index is 1.48. The molecular formula is C17H13ClN4O3S. The Morgan fingerprint density at radius 2 is 1.88 bits per heavy atom. The van der Waals surface area contributed by atoms with Crippen molar-refractivity contribution in [2.45, 2.75) is 5.22 Å². The van der Waals surface area contributed by atoms with E-state index in [-0.39, 0.29) is 11.0 Å². The number of thioether (sulfide) groups is 1. The lowest BCUT2D eigenvalue weighted by atomic mass is 10.2. The number of aromatic nitrogens is 2. The summed E-state index contributed by atoms with van der Waals surface area (Å²) in [6, 6.07) is 15.2. The number of amides is 3. The first-order chi connectivity index (χ1) is 12.6. The van der Waals surface area contributed by atoms with Gasteiger partial charge in [0.05, 0.1) is 5.75 Å². The molecule has 0 atom stereocenters. The maximum atomic E-state index is 11.9. The van der Waals surface area contributed by atoms with Crippen molar-refractivity contribution in [3.8, 4) is 11.5 Å². The smallest absolute Gasteiger partial charge is 0.325 e. The van der Waals surface area contributed by atoms with E-state index in [4.69, 9.17) is 16.0 Å². The van der Waals surface area contributed by atoms with Gasteiger partial charge in [-0.1, -0.05) is 47.6 Å². The SMILES string of the molecule is O=C(CSc1nnc(-c2ccccc2)o1)NC(=O)Nc1cccc(Cl)c1. The minimum absolute atomic E-state index is 0.0423. The maximum absolute atomic E-state index is 11.9. The fraction of sp³-hybridized carbons (Fsp3) is 0.0588. The average Bonchev–Trinajstić information content (AvgIpc) is 3.10. The third kappa shape index (κ3) is 5.08. The summed E-state index contributed by atoms with van der Waals surface area (Å²) < 4.78 is 5.48. The lowest BCUT2D eigenvalue weighted by molar-refractivity contribution is -0.117. The van der Waals surface area contributed by atoms with Gasteiger partial charge in [0.2, 0.25) is 11.8 Å². The van der Waals surface area contributed by atoms with Gasteiger partial charge in [-0.15, -0.1) is 10.2 Å². The van der Waals surface area contributed by atoms with Gasteiger partial charge in [-0.25, -0.2) is 4.79 Å². The van der Waals surface area contributed by atoms with Crippen molar-refractivity contribution in [1.29, 1.82) is 0 Å². The van der Waals surface area contributed by atoms with Gasteiger partial charge in [0, 0.05) is 16.3 Å². The number of halogens is 1. The fourth-order valence-electron chi connectivity index (χ4n) is 1.98. The second kappa shape index (κ2) is 8.50. The first-order valence-corrected chi connectivity index (χ1v) is 8.84. The molecule has 2 aromatic carbocycles. The Kier molecular flexibility index (Phi) is 5.88. The summed E-state index contributed by atoms with van der Waals surface area (Å²) in [6.07, 6.45) is 0. The Bertz CT molecular complexity index is 917. The molecule has 26 heavy (non-hydrogen) atoms. The van der Waals surface area contributed by atoms with Gasteiger partial charge in [-0.2, -0.15) is 0 Å². The molecule has 0 radical (unpaired) electrons. The Morgan fingerprint density at radius 1 is 1.08 bits per heavy atom. The van der Waals surface area contributed by atoms with E-state index < -0.39 is 11.9 Å². The number of urea groups is 1. The third-order valence-corrected chi connectivity index (χ3v) is 4.14. The molecule has 0 aliphatic carbocycles. The second-order valence-electron chi connectivity index (χ2n) is 5.04. The number of benzene rings is 2. The van der Waals surface area contributed by atoms with Gasteiger partial charge < -0.3 is 9.73 Å². The quantitative estimate of drug-likeness (QED) is 0.645. The van der Waals surface area contributed by atoms with Crippen LogP contribution in [0.25, 0.3) is 11.5 Å². The summed E-state index contributed by atoms with van der Waals surface area (Å²) >= 11 is 6.87. The molecule has 0 saturated carbocycles. The highest BCUT2D eigenvalue weighted by atomic mass is 35.5. The van der Waals surface area contributed by atoms with Crippen LogP contribution in [0.1, 0.15) is 0 Å². The first kappa shape index (κ1) is 18.0. The molecule has 3 amide bonds. The van der Waals surface area contributed by atoms with Crippen LogP contribution in [0.3, 0.4) is 0 Å². The monoisotopic (exact) mass is 388 g/mol. The zero-order valence-corrected chi connectivity index (χ0v) is 14.9. The highest BCUT2D eigenvalue weighted by molar-refractivity contribution is 7.99. The number of nitrogens with zero attached hydrogens (tertiary/aromatic N) is 2. The van der Waals surface area contributed by atoms with E-state index in [2.05, 4.69) is 20.8 Å². The summed E-state index contributed by atoms with van der Waals surface area (Å²) in [7, 11) is 0. The Hall–Kier alpha value is -2.84. The molecular weight excluding hydrogens is 376 g/mol. The number of carbonyl (C=O) groups excluding carboxylic acids is 2. The minimum atomic E-state index is -0.645. The number of rotatable bonds is 5. The van der Waals surface area contributed by atoms with Crippen molar-refractivity contribution in [1.82, 2.24) is 15.5 Å². The second-order valence-corrected chi connectivity index (χ2v) is 6.40. The number of hydrogen-bond acceptors (Lipinski definition) is 6.